The van der Waals surface area contributed by atoms with Crippen molar-refractivity contribution in [3.63, 3.8) is 0 Å². The predicted molar refractivity (Wildman–Crippen MR) is 102 cm³/mol. The average Bonchev–Trinajstić information content (AvgIpc) is 3.32. The number of fused-ring (bicyclic) bond motifs is 1. The Labute approximate surface area is 165 Å². The number of aryl methyl sites for hydroxylation is 1. The summed E-state index contributed by atoms with van der Waals surface area (Å²) in [7, 11) is 0. The maximum absolute atomic E-state index is 14.6. The van der Waals surface area contributed by atoms with Crippen LogP contribution in [0.5, 0.6) is 5.75 Å². The molecule has 8 heteroatoms. The van der Waals surface area contributed by atoms with Gasteiger partial charge in [-0.2, -0.15) is 0 Å². The summed E-state index contributed by atoms with van der Waals surface area (Å²) in [5.41, 5.74) is 8.09. The van der Waals surface area contributed by atoms with Crippen LogP contribution in [0.25, 0.3) is 11.1 Å². The predicted octanol–water partition coefficient (Wildman–Crippen LogP) is 2.62. The van der Waals surface area contributed by atoms with Gasteiger partial charge in [0.1, 0.15) is 6.10 Å². The van der Waals surface area contributed by atoms with Crippen molar-refractivity contribution in [2.75, 3.05) is 6.54 Å². The molecule has 0 aliphatic carbocycles. The Bertz CT molecular complexity index is 1110. The molecule has 3 N–H and O–H groups in total. The lowest BCUT2D eigenvalue weighted by Crippen LogP contribution is -2.34. The van der Waals surface area contributed by atoms with Crippen LogP contribution >= 0.6 is 0 Å². The highest BCUT2D eigenvalue weighted by Gasteiger charge is 2.28. The normalized spacial score (nSPS) is 14.9. The van der Waals surface area contributed by atoms with Gasteiger partial charge in [0.25, 0.3) is 5.91 Å². The summed E-state index contributed by atoms with van der Waals surface area (Å²) in [5.74, 6) is -1.05. The van der Waals surface area contributed by atoms with Crippen LogP contribution in [0.2, 0.25) is 0 Å². The van der Waals surface area contributed by atoms with E-state index >= 15 is 0 Å². The quantitative estimate of drug-likeness (QED) is 0.691. The highest BCUT2D eigenvalue weighted by Crippen LogP contribution is 2.35. The van der Waals surface area contributed by atoms with Crippen LogP contribution in [-0.4, -0.2) is 29.4 Å². The Hall–Kier alpha value is -3.68. The molecule has 3 aromatic rings. The number of carbonyl (C=O) groups is 2. The van der Waals surface area contributed by atoms with Gasteiger partial charge in [-0.05, 0) is 36.8 Å². The molecule has 1 atom stereocenters. The smallest absolute Gasteiger partial charge is 0.287 e. The first-order chi connectivity index (χ1) is 13.9. The van der Waals surface area contributed by atoms with E-state index in [4.69, 9.17) is 14.9 Å². The number of hydrogen-bond donors (Lipinski definition) is 2. The fourth-order valence-electron chi connectivity index (χ4n) is 3.29. The number of primary amides is 1. The van der Waals surface area contributed by atoms with Crippen molar-refractivity contribution in [2.45, 2.75) is 19.4 Å². The van der Waals surface area contributed by atoms with Crippen molar-refractivity contribution in [3.05, 3.63) is 71.2 Å². The van der Waals surface area contributed by atoms with Crippen LogP contribution in [-0.2, 0) is 6.42 Å². The lowest BCUT2D eigenvalue weighted by atomic mass is 10.0. The zero-order chi connectivity index (χ0) is 20.5. The minimum Gasteiger partial charge on any atom is -0.485 e. The van der Waals surface area contributed by atoms with E-state index in [1.165, 1.54) is 24.7 Å². The van der Waals surface area contributed by atoms with E-state index in [1.807, 2.05) is 0 Å². The van der Waals surface area contributed by atoms with E-state index in [9.17, 15) is 14.0 Å². The molecule has 4 rings (SSSR count). The zero-order valence-electron chi connectivity index (χ0n) is 15.6. The molecule has 0 bridgehead atoms. The van der Waals surface area contributed by atoms with Gasteiger partial charge in [-0.25, -0.2) is 4.39 Å². The molecule has 0 radical (unpaired) electrons. The van der Waals surface area contributed by atoms with Crippen molar-refractivity contribution in [3.8, 4) is 16.9 Å². The molecule has 0 saturated heterocycles. The number of nitrogens with one attached hydrogen (secondary N) is 1. The maximum atomic E-state index is 14.6. The molecule has 1 unspecified atom stereocenters. The third-order valence-corrected chi connectivity index (χ3v) is 4.77. The van der Waals surface area contributed by atoms with Gasteiger partial charge in [0.2, 0.25) is 5.91 Å². The summed E-state index contributed by atoms with van der Waals surface area (Å²) in [6, 6.07) is 6.39. The lowest BCUT2D eigenvalue weighted by Gasteiger charge is -2.11. The molecule has 0 saturated carbocycles. The molecule has 2 amide bonds. The van der Waals surface area contributed by atoms with Crippen LogP contribution in [0.1, 0.15) is 32.0 Å². The number of nitrogens with two attached hydrogens (primary N) is 1. The van der Waals surface area contributed by atoms with Crippen molar-refractivity contribution >= 4 is 11.8 Å². The largest absolute Gasteiger partial charge is 0.485 e. The first-order valence-corrected chi connectivity index (χ1v) is 8.99. The van der Waals surface area contributed by atoms with Crippen LogP contribution in [0.15, 0.2) is 47.3 Å². The van der Waals surface area contributed by atoms with Crippen molar-refractivity contribution < 1.29 is 23.1 Å². The average molecular weight is 395 g/mol. The zero-order valence-corrected chi connectivity index (χ0v) is 15.6. The van der Waals surface area contributed by atoms with Gasteiger partial charge in [0.05, 0.1) is 18.4 Å². The number of nitrogens with zero attached hydrogens (tertiary/aromatic N) is 1. The molecular formula is C21H18FN3O4. The third kappa shape index (κ3) is 3.69. The molecule has 1 aliphatic rings. The second-order valence-corrected chi connectivity index (χ2v) is 6.86. The van der Waals surface area contributed by atoms with E-state index in [2.05, 4.69) is 10.3 Å². The highest BCUT2D eigenvalue weighted by molar-refractivity contribution is 5.94. The number of amides is 2. The van der Waals surface area contributed by atoms with Gasteiger partial charge in [0, 0.05) is 35.5 Å². The van der Waals surface area contributed by atoms with Crippen LogP contribution in [0, 0.1) is 12.7 Å². The van der Waals surface area contributed by atoms with E-state index in [1.54, 1.807) is 25.1 Å². The molecule has 1 aliphatic heterocycles. The van der Waals surface area contributed by atoms with Crippen LogP contribution < -0.4 is 15.8 Å². The first-order valence-electron chi connectivity index (χ1n) is 8.99. The molecule has 0 fully saturated rings. The number of furan rings is 1. The Morgan fingerprint density at radius 3 is 2.83 bits per heavy atom. The van der Waals surface area contributed by atoms with Gasteiger partial charge >= 0.3 is 0 Å². The number of carbonyl (C=O) groups excluding carboxylic acids is 2. The Balaban J connectivity index is 1.49. The number of rotatable bonds is 5. The molecule has 29 heavy (non-hydrogen) atoms. The van der Waals surface area contributed by atoms with E-state index in [0.717, 1.165) is 5.56 Å². The Morgan fingerprint density at radius 1 is 1.28 bits per heavy atom. The molecule has 0 spiro atoms. The summed E-state index contributed by atoms with van der Waals surface area (Å²) in [6.45, 7) is 1.99. The number of aromatic nitrogens is 1. The summed E-state index contributed by atoms with van der Waals surface area (Å²) in [5, 5.41) is 2.75. The Morgan fingerprint density at radius 2 is 2.10 bits per heavy atom. The minimum atomic E-state index is -0.605. The van der Waals surface area contributed by atoms with Crippen molar-refractivity contribution in [1.82, 2.24) is 10.3 Å². The van der Waals surface area contributed by atoms with Crippen molar-refractivity contribution in [1.29, 1.82) is 0 Å². The van der Waals surface area contributed by atoms with Gasteiger partial charge in [0.15, 0.2) is 17.3 Å². The summed E-state index contributed by atoms with van der Waals surface area (Å²) < 4.78 is 25.4. The van der Waals surface area contributed by atoms with Gasteiger partial charge in [-0.15, -0.1) is 0 Å². The number of pyridine rings is 1. The number of hydrogen-bond acceptors (Lipinski definition) is 5. The van der Waals surface area contributed by atoms with Gasteiger partial charge in [-0.3, -0.25) is 14.6 Å². The standard InChI is InChI=1S/C21H18FN3O4/c1-11-2-3-28-18(11)21(27)25-10-16-6-13-4-12(7-17(22)19(13)29-16)14-5-15(20(23)26)9-24-8-14/h2-5,7-9,16H,6,10H2,1H3,(H2,23,26)(H,25,27). The second kappa shape index (κ2) is 7.38. The minimum absolute atomic E-state index is 0.168. The molecule has 3 heterocycles. The van der Waals surface area contributed by atoms with E-state index in [-0.39, 0.29) is 29.5 Å². The SMILES string of the molecule is Cc1ccoc1C(=O)NCC1Cc2cc(-c3cncc(C(N)=O)c3)cc(F)c2O1. The van der Waals surface area contributed by atoms with E-state index < -0.39 is 17.8 Å². The first kappa shape index (κ1) is 18.7. The van der Waals surface area contributed by atoms with Gasteiger partial charge < -0.3 is 20.2 Å². The van der Waals surface area contributed by atoms with Gasteiger partial charge in [-0.1, -0.05) is 0 Å². The molecule has 7 nitrogen and oxygen atoms in total. The number of benzene rings is 1. The monoisotopic (exact) mass is 395 g/mol. The topological polar surface area (TPSA) is 107 Å². The molecular weight excluding hydrogens is 377 g/mol. The fourth-order valence-corrected chi connectivity index (χ4v) is 3.29. The molecule has 1 aromatic carbocycles. The lowest BCUT2D eigenvalue weighted by molar-refractivity contribution is 0.0903. The summed E-state index contributed by atoms with van der Waals surface area (Å²) in [4.78, 5) is 27.5. The van der Waals surface area contributed by atoms with E-state index in [0.29, 0.717) is 23.1 Å². The highest BCUT2D eigenvalue weighted by atomic mass is 19.1. The second-order valence-electron chi connectivity index (χ2n) is 6.86. The number of halogens is 1. The number of ether oxygens (including phenoxy) is 1. The molecule has 148 valence electrons. The Kier molecular flexibility index (Phi) is 4.75. The summed E-state index contributed by atoms with van der Waals surface area (Å²) >= 11 is 0. The maximum Gasteiger partial charge on any atom is 0.287 e. The fraction of sp³-hybridized carbons (Fsp3) is 0.190. The molecule has 2 aromatic heterocycles. The summed E-state index contributed by atoms with van der Waals surface area (Å²) in [6.07, 6.45) is 4.38. The van der Waals surface area contributed by atoms with Crippen molar-refractivity contribution in [2.24, 2.45) is 5.73 Å². The van der Waals surface area contributed by atoms with Crippen LogP contribution in [0.4, 0.5) is 4.39 Å². The third-order valence-electron chi connectivity index (χ3n) is 4.77. The van der Waals surface area contributed by atoms with Crippen LogP contribution in [0.3, 0.4) is 0 Å².